The summed E-state index contributed by atoms with van der Waals surface area (Å²) in [5.41, 5.74) is 1.29. The van der Waals surface area contributed by atoms with E-state index in [4.69, 9.17) is 4.74 Å². The molecule has 1 fully saturated rings. The molecule has 2 heterocycles. The van der Waals surface area contributed by atoms with Crippen LogP contribution >= 0.6 is 27.3 Å². The van der Waals surface area contributed by atoms with Gasteiger partial charge in [-0.05, 0) is 52.7 Å². The third kappa shape index (κ3) is 4.12. The molecule has 9 heteroatoms. The Labute approximate surface area is 159 Å². The minimum atomic E-state index is -3.60. The molecule has 1 aromatic carbocycles. The predicted molar refractivity (Wildman–Crippen MR) is 101 cm³/mol. The molecule has 1 aliphatic rings. The standard InChI is InChI=1S/C16H17BrN2O4S2/c1-11-2-3-12(25(21,22)19-6-8-23-9-7-19)10-13(11)18-16(20)14-4-5-15(17)24-14/h2-5,10H,6-9H2,1H3,(H,18,20). The maximum Gasteiger partial charge on any atom is 0.265 e. The molecule has 1 aliphatic heterocycles. The Balaban J connectivity index is 1.86. The third-order valence-electron chi connectivity index (χ3n) is 3.86. The van der Waals surface area contributed by atoms with Gasteiger partial charge < -0.3 is 10.1 Å². The Bertz CT molecular complexity index is 889. The van der Waals surface area contributed by atoms with Gasteiger partial charge in [-0.2, -0.15) is 4.31 Å². The summed E-state index contributed by atoms with van der Waals surface area (Å²) in [7, 11) is -3.60. The van der Waals surface area contributed by atoms with Gasteiger partial charge in [0.2, 0.25) is 10.0 Å². The summed E-state index contributed by atoms with van der Waals surface area (Å²) >= 11 is 4.64. The first-order valence-electron chi connectivity index (χ1n) is 7.63. The molecule has 0 bridgehead atoms. The number of hydrogen-bond donors (Lipinski definition) is 1. The van der Waals surface area contributed by atoms with E-state index < -0.39 is 10.0 Å². The van der Waals surface area contributed by atoms with Crippen LogP contribution in [0.15, 0.2) is 39.0 Å². The topological polar surface area (TPSA) is 75.7 Å². The molecule has 0 atom stereocenters. The van der Waals surface area contributed by atoms with Crippen molar-refractivity contribution in [1.29, 1.82) is 0 Å². The second kappa shape index (κ2) is 7.55. The average Bonchev–Trinajstić information content (AvgIpc) is 3.04. The van der Waals surface area contributed by atoms with Crippen LogP contribution in [0.2, 0.25) is 0 Å². The molecular formula is C16H17BrN2O4S2. The van der Waals surface area contributed by atoms with E-state index in [1.165, 1.54) is 21.7 Å². The molecule has 0 unspecified atom stereocenters. The summed E-state index contributed by atoms with van der Waals surface area (Å²) in [6.45, 7) is 3.28. The number of benzene rings is 1. The van der Waals surface area contributed by atoms with Crippen molar-refractivity contribution in [2.24, 2.45) is 0 Å². The van der Waals surface area contributed by atoms with Crippen molar-refractivity contribution in [3.63, 3.8) is 0 Å². The number of sulfonamides is 1. The molecule has 0 aliphatic carbocycles. The molecule has 3 rings (SSSR count). The summed E-state index contributed by atoms with van der Waals surface area (Å²) in [4.78, 5) is 13.1. The van der Waals surface area contributed by atoms with E-state index in [0.29, 0.717) is 36.9 Å². The van der Waals surface area contributed by atoms with E-state index in [1.807, 2.05) is 6.92 Å². The summed E-state index contributed by atoms with van der Waals surface area (Å²) in [5, 5.41) is 2.80. The number of amides is 1. The van der Waals surface area contributed by atoms with E-state index in [2.05, 4.69) is 21.2 Å². The number of nitrogens with one attached hydrogen (secondary N) is 1. The number of carbonyl (C=O) groups is 1. The molecule has 0 saturated carbocycles. The number of rotatable bonds is 4. The van der Waals surface area contributed by atoms with Gasteiger partial charge in [0.15, 0.2) is 0 Å². The van der Waals surface area contributed by atoms with E-state index in [-0.39, 0.29) is 10.8 Å². The van der Waals surface area contributed by atoms with Crippen LogP contribution < -0.4 is 5.32 Å². The molecule has 1 aromatic heterocycles. The van der Waals surface area contributed by atoms with Crippen LogP contribution in [0.4, 0.5) is 5.69 Å². The molecule has 0 radical (unpaired) electrons. The van der Waals surface area contributed by atoms with Crippen molar-refractivity contribution in [2.45, 2.75) is 11.8 Å². The lowest BCUT2D eigenvalue weighted by atomic mass is 10.2. The number of thiophene rings is 1. The Kier molecular flexibility index (Phi) is 5.59. The Hall–Kier alpha value is -1.26. The van der Waals surface area contributed by atoms with Gasteiger partial charge in [0, 0.05) is 18.8 Å². The molecule has 1 saturated heterocycles. The summed E-state index contributed by atoms with van der Waals surface area (Å²) in [6.07, 6.45) is 0. The highest BCUT2D eigenvalue weighted by Gasteiger charge is 2.27. The zero-order valence-corrected chi connectivity index (χ0v) is 16.7. The number of carbonyl (C=O) groups excluding carboxylic acids is 1. The second-order valence-corrected chi connectivity index (χ2v) is 9.95. The first kappa shape index (κ1) is 18.5. The molecule has 1 N–H and O–H groups in total. The zero-order valence-electron chi connectivity index (χ0n) is 13.5. The van der Waals surface area contributed by atoms with Crippen molar-refractivity contribution in [3.05, 3.63) is 44.6 Å². The van der Waals surface area contributed by atoms with Gasteiger partial charge in [0.05, 0.1) is 26.8 Å². The van der Waals surface area contributed by atoms with Crippen LogP contribution in [0.1, 0.15) is 15.2 Å². The van der Waals surface area contributed by atoms with Crippen molar-refractivity contribution < 1.29 is 17.9 Å². The minimum absolute atomic E-state index is 0.169. The van der Waals surface area contributed by atoms with E-state index in [0.717, 1.165) is 9.35 Å². The van der Waals surface area contributed by atoms with Gasteiger partial charge in [-0.1, -0.05) is 6.07 Å². The average molecular weight is 445 g/mol. The van der Waals surface area contributed by atoms with Gasteiger partial charge in [-0.3, -0.25) is 4.79 Å². The normalized spacial score (nSPS) is 15.9. The first-order chi connectivity index (χ1) is 11.9. The maximum atomic E-state index is 12.8. The summed E-state index contributed by atoms with van der Waals surface area (Å²) < 4.78 is 33.0. The molecule has 134 valence electrons. The first-order valence-corrected chi connectivity index (χ1v) is 10.7. The largest absolute Gasteiger partial charge is 0.379 e. The van der Waals surface area contributed by atoms with E-state index in [1.54, 1.807) is 24.3 Å². The van der Waals surface area contributed by atoms with Crippen LogP contribution in [0.3, 0.4) is 0 Å². The molecule has 2 aromatic rings. The summed E-state index contributed by atoms with van der Waals surface area (Å²) in [5.74, 6) is -0.264. The zero-order chi connectivity index (χ0) is 18.0. The van der Waals surface area contributed by atoms with Gasteiger partial charge in [-0.15, -0.1) is 11.3 Å². The molecule has 1 amide bonds. The molecular weight excluding hydrogens is 428 g/mol. The Morgan fingerprint density at radius 2 is 1.96 bits per heavy atom. The number of ether oxygens (including phenoxy) is 1. The highest BCUT2D eigenvalue weighted by atomic mass is 79.9. The second-order valence-electron chi connectivity index (χ2n) is 5.55. The highest BCUT2D eigenvalue weighted by molar-refractivity contribution is 9.11. The lowest BCUT2D eigenvalue weighted by Crippen LogP contribution is -2.40. The quantitative estimate of drug-likeness (QED) is 0.785. The number of anilines is 1. The fraction of sp³-hybridized carbons (Fsp3) is 0.312. The molecule has 6 nitrogen and oxygen atoms in total. The van der Waals surface area contributed by atoms with E-state index in [9.17, 15) is 13.2 Å². The number of aryl methyl sites for hydroxylation is 1. The predicted octanol–water partition coefficient (Wildman–Crippen LogP) is 3.09. The maximum absolute atomic E-state index is 12.8. The monoisotopic (exact) mass is 444 g/mol. The van der Waals surface area contributed by atoms with E-state index >= 15 is 0 Å². The fourth-order valence-corrected chi connectivity index (χ4v) is 5.17. The third-order valence-corrected chi connectivity index (χ3v) is 7.38. The lowest BCUT2D eigenvalue weighted by Gasteiger charge is -2.26. The Morgan fingerprint density at radius 1 is 1.24 bits per heavy atom. The molecule has 0 spiro atoms. The number of nitrogens with zero attached hydrogens (tertiary/aromatic N) is 1. The van der Waals surface area contributed by atoms with Crippen molar-refractivity contribution in [3.8, 4) is 0 Å². The smallest absolute Gasteiger partial charge is 0.265 e. The van der Waals surface area contributed by atoms with Crippen molar-refractivity contribution >= 4 is 48.9 Å². The molecule has 25 heavy (non-hydrogen) atoms. The number of hydrogen-bond acceptors (Lipinski definition) is 5. The summed E-state index contributed by atoms with van der Waals surface area (Å²) in [6, 6.07) is 8.30. The van der Waals surface area contributed by atoms with Gasteiger partial charge in [0.25, 0.3) is 5.91 Å². The van der Waals surface area contributed by atoms with Gasteiger partial charge in [-0.25, -0.2) is 8.42 Å². The van der Waals surface area contributed by atoms with Crippen LogP contribution in [-0.4, -0.2) is 44.9 Å². The van der Waals surface area contributed by atoms with Crippen LogP contribution in [0, 0.1) is 6.92 Å². The van der Waals surface area contributed by atoms with Crippen LogP contribution in [-0.2, 0) is 14.8 Å². The Morgan fingerprint density at radius 3 is 2.60 bits per heavy atom. The SMILES string of the molecule is Cc1ccc(S(=O)(=O)N2CCOCC2)cc1NC(=O)c1ccc(Br)s1. The van der Waals surface area contributed by atoms with Crippen LogP contribution in [0.25, 0.3) is 0 Å². The van der Waals surface area contributed by atoms with Gasteiger partial charge >= 0.3 is 0 Å². The van der Waals surface area contributed by atoms with Crippen LogP contribution in [0.5, 0.6) is 0 Å². The number of morpholine rings is 1. The van der Waals surface area contributed by atoms with Gasteiger partial charge in [0.1, 0.15) is 0 Å². The highest BCUT2D eigenvalue weighted by Crippen LogP contribution is 2.26. The minimum Gasteiger partial charge on any atom is -0.379 e. The lowest BCUT2D eigenvalue weighted by molar-refractivity contribution is 0.0730. The number of halogens is 1. The van der Waals surface area contributed by atoms with Crippen molar-refractivity contribution in [1.82, 2.24) is 4.31 Å². The van der Waals surface area contributed by atoms with Crippen molar-refractivity contribution in [2.75, 3.05) is 31.6 Å². The fourth-order valence-electron chi connectivity index (χ4n) is 2.45.